The normalized spacial score (nSPS) is 10.3. The van der Waals surface area contributed by atoms with E-state index in [4.69, 9.17) is 5.73 Å². The van der Waals surface area contributed by atoms with E-state index >= 15 is 0 Å². The van der Waals surface area contributed by atoms with Crippen molar-refractivity contribution in [2.45, 2.75) is 6.92 Å². The summed E-state index contributed by atoms with van der Waals surface area (Å²) in [4.78, 5) is 0. The first-order valence-electron chi connectivity index (χ1n) is 5.14. The molecule has 0 aliphatic carbocycles. The lowest BCUT2D eigenvalue weighted by Crippen LogP contribution is -1.97. The maximum atomic E-state index is 5.95. The Hall–Kier alpha value is -1.00. The number of hydrogen-bond acceptors (Lipinski definition) is 2. The zero-order valence-electron chi connectivity index (χ0n) is 9.30. The van der Waals surface area contributed by atoms with Gasteiger partial charge < -0.3 is 11.1 Å². The minimum absolute atomic E-state index is 0.716. The van der Waals surface area contributed by atoms with Gasteiger partial charge in [0.25, 0.3) is 0 Å². The molecular weight excluding hydrogens is 344 g/mol. The molecule has 0 amide bonds. The van der Waals surface area contributed by atoms with Crippen molar-refractivity contribution in [1.82, 2.24) is 0 Å². The Morgan fingerprint density at radius 3 is 2.47 bits per heavy atom. The van der Waals surface area contributed by atoms with Gasteiger partial charge in [0.15, 0.2) is 0 Å². The van der Waals surface area contributed by atoms with Gasteiger partial charge in [-0.25, -0.2) is 0 Å². The molecule has 0 fully saturated rings. The van der Waals surface area contributed by atoms with Crippen LogP contribution >= 0.6 is 31.9 Å². The highest BCUT2D eigenvalue weighted by Gasteiger charge is 2.03. The average Bonchev–Trinajstić information content (AvgIpc) is 2.27. The van der Waals surface area contributed by atoms with Crippen LogP contribution in [0, 0.1) is 6.92 Å². The molecule has 0 atom stereocenters. The fourth-order valence-electron chi connectivity index (χ4n) is 1.53. The highest BCUT2D eigenvalue weighted by molar-refractivity contribution is 9.10. The van der Waals surface area contributed by atoms with Gasteiger partial charge in [-0.3, -0.25) is 0 Å². The summed E-state index contributed by atoms with van der Waals surface area (Å²) in [7, 11) is 0. The van der Waals surface area contributed by atoms with Crippen molar-refractivity contribution in [2.24, 2.45) is 0 Å². The molecule has 4 heteroatoms. The molecule has 88 valence electrons. The number of nitrogens with one attached hydrogen (secondary N) is 1. The Kier molecular flexibility index (Phi) is 3.74. The van der Waals surface area contributed by atoms with Crippen LogP contribution in [0.3, 0.4) is 0 Å². The molecule has 0 aliphatic heterocycles. The summed E-state index contributed by atoms with van der Waals surface area (Å²) in [6, 6.07) is 11.9. The third-order valence-electron chi connectivity index (χ3n) is 2.40. The van der Waals surface area contributed by atoms with Crippen LogP contribution in [0.5, 0.6) is 0 Å². The lowest BCUT2D eigenvalue weighted by Gasteiger charge is -2.12. The average molecular weight is 356 g/mol. The summed E-state index contributed by atoms with van der Waals surface area (Å²) in [6.07, 6.45) is 0. The number of anilines is 3. The van der Waals surface area contributed by atoms with E-state index in [1.165, 1.54) is 5.56 Å². The molecule has 0 heterocycles. The quantitative estimate of drug-likeness (QED) is 0.756. The fraction of sp³-hybridized carbons (Fsp3) is 0.0769. The molecule has 0 unspecified atom stereocenters. The van der Waals surface area contributed by atoms with Crippen molar-refractivity contribution in [1.29, 1.82) is 0 Å². The van der Waals surface area contributed by atoms with Crippen LogP contribution in [0.4, 0.5) is 17.1 Å². The summed E-state index contributed by atoms with van der Waals surface area (Å²) in [5.41, 5.74) is 9.78. The number of nitrogen functional groups attached to an aromatic ring is 1. The molecule has 2 nitrogen and oxygen atoms in total. The molecule has 2 rings (SSSR count). The largest absolute Gasteiger partial charge is 0.397 e. The van der Waals surface area contributed by atoms with Crippen LogP contribution in [-0.4, -0.2) is 0 Å². The lowest BCUT2D eigenvalue weighted by atomic mass is 10.2. The van der Waals surface area contributed by atoms with E-state index in [-0.39, 0.29) is 0 Å². The maximum absolute atomic E-state index is 5.95. The summed E-state index contributed by atoms with van der Waals surface area (Å²) < 4.78 is 1.99. The summed E-state index contributed by atoms with van der Waals surface area (Å²) in [6.45, 7) is 2.06. The third kappa shape index (κ3) is 3.01. The molecule has 3 N–H and O–H groups in total. The molecular formula is C13H12Br2N2. The first-order chi connectivity index (χ1) is 8.06. The van der Waals surface area contributed by atoms with E-state index in [2.05, 4.69) is 56.2 Å². The van der Waals surface area contributed by atoms with Gasteiger partial charge in [-0.1, -0.05) is 22.0 Å². The molecule has 0 bridgehead atoms. The Morgan fingerprint density at radius 2 is 1.76 bits per heavy atom. The maximum Gasteiger partial charge on any atom is 0.0619 e. The van der Waals surface area contributed by atoms with Gasteiger partial charge in [0, 0.05) is 8.95 Å². The predicted molar refractivity (Wildman–Crippen MR) is 80.7 cm³/mol. The highest BCUT2D eigenvalue weighted by Crippen LogP contribution is 2.30. The first-order valence-corrected chi connectivity index (χ1v) is 6.73. The molecule has 0 aromatic heterocycles. The zero-order chi connectivity index (χ0) is 12.4. The van der Waals surface area contributed by atoms with Crippen molar-refractivity contribution >= 4 is 48.9 Å². The molecule has 0 saturated carbocycles. The number of aryl methyl sites for hydroxylation is 1. The SMILES string of the molecule is Cc1ccc(Br)c(Nc2ccc(Br)cc2N)c1. The summed E-state index contributed by atoms with van der Waals surface area (Å²) in [5.74, 6) is 0. The third-order valence-corrected chi connectivity index (χ3v) is 3.59. The van der Waals surface area contributed by atoms with Crippen LogP contribution < -0.4 is 11.1 Å². The standard InChI is InChI=1S/C13H12Br2N2/c1-8-2-4-10(15)13(6-8)17-12-5-3-9(14)7-11(12)16/h2-7,17H,16H2,1H3. The molecule has 0 radical (unpaired) electrons. The minimum Gasteiger partial charge on any atom is -0.397 e. The van der Waals surface area contributed by atoms with Crippen molar-refractivity contribution in [3.63, 3.8) is 0 Å². The zero-order valence-corrected chi connectivity index (χ0v) is 12.5. The van der Waals surface area contributed by atoms with Gasteiger partial charge >= 0.3 is 0 Å². The van der Waals surface area contributed by atoms with Crippen LogP contribution in [0.2, 0.25) is 0 Å². The molecule has 0 saturated heterocycles. The van der Waals surface area contributed by atoms with E-state index in [1.54, 1.807) is 0 Å². The number of nitrogens with two attached hydrogens (primary N) is 1. The van der Waals surface area contributed by atoms with Gasteiger partial charge in [-0.15, -0.1) is 0 Å². The highest BCUT2D eigenvalue weighted by atomic mass is 79.9. The van der Waals surface area contributed by atoms with E-state index in [0.29, 0.717) is 5.69 Å². The van der Waals surface area contributed by atoms with Crippen LogP contribution in [0.25, 0.3) is 0 Å². The molecule has 0 spiro atoms. The number of halogens is 2. The fourth-order valence-corrected chi connectivity index (χ4v) is 2.25. The number of benzene rings is 2. The van der Waals surface area contributed by atoms with Gasteiger partial charge in [0.2, 0.25) is 0 Å². The second-order valence-corrected chi connectivity index (χ2v) is 5.61. The molecule has 0 aliphatic rings. The van der Waals surface area contributed by atoms with Crippen molar-refractivity contribution in [3.8, 4) is 0 Å². The van der Waals surface area contributed by atoms with Crippen LogP contribution in [0.15, 0.2) is 45.3 Å². The molecule has 17 heavy (non-hydrogen) atoms. The van der Waals surface area contributed by atoms with Gasteiger partial charge in [0.1, 0.15) is 0 Å². The van der Waals surface area contributed by atoms with Crippen LogP contribution in [-0.2, 0) is 0 Å². The van der Waals surface area contributed by atoms with Crippen molar-refractivity contribution in [3.05, 3.63) is 50.9 Å². The Bertz CT molecular complexity index is 553. The topological polar surface area (TPSA) is 38.0 Å². The summed E-state index contributed by atoms with van der Waals surface area (Å²) in [5, 5.41) is 3.32. The second-order valence-electron chi connectivity index (χ2n) is 3.84. The smallest absolute Gasteiger partial charge is 0.0619 e. The second kappa shape index (κ2) is 5.10. The van der Waals surface area contributed by atoms with E-state index < -0.39 is 0 Å². The monoisotopic (exact) mass is 354 g/mol. The van der Waals surface area contributed by atoms with Crippen molar-refractivity contribution in [2.75, 3.05) is 11.1 Å². The van der Waals surface area contributed by atoms with E-state index in [1.807, 2.05) is 24.3 Å². The summed E-state index contributed by atoms with van der Waals surface area (Å²) >= 11 is 6.91. The Labute approximate surface area is 117 Å². The number of hydrogen-bond donors (Lipinski definition) is 2. The van der Waals surface area contributed by atoms with E-state index in [9.17, 15) is 0 Å². The van der Waals surface area contributed by atoms with Crippen molar-refractivity contribution < 1.29 is 0 Å². The number of rotatable bonds is 2. The van der Waals surface area contributed by atoms with Gasteiger partial charge in [0.05, 0.1) is 17.1 Å². The lowest BCUT2D eigenvalue weighted by molar-refractivity contribution is 1.43. The minimum atomic E-state index is 0.716. The molecule has 2 aromatic carbocycles. The Morgan fingerprint density at radius 1 is 1.00 bits per heavy atom. The Balaban J connectivity index is 2.34. The first kappa shape index (κ1) is 12.5. The van der Waals surface area contributed by atoms with E-state index in [0.717, 1.165) is 20.3 Å². The molecule has 2 aromatic rings. The van der Waals surface area contributed by atoms with Gasteiger partial charge in [-0.2, -0.15) is 0 Å². The predicted octanol–water partition coefficient (Wildman–Crippen LogP) is 4.85. The van der Waals surface area contributed by atoms with Crippen LogP contribution in [0.1, 0.15) is 5.56 Å². The van der Waals surface area contributed by atoms with Gasteiger partial charge in [-0.05, 0) is 58.7 Å².